The highest BCUT2D eigenvalue weighted by Gasteiger charge is 2.41. The molecule has 0 spiro atoms. The maximum absolute atomic E-state index is 12.7. The molecule has 2 amide bonds. The van der Waals surface area contributed by atoms with Crippen molar-refractivity contribution in [3.63, 3.8) is 0 Å². The van der Waals surface area contributed by atoms with E-state index >= 15 is 0 Å². The summed E-state index contributed by atoms with van der Waals surface area (Å²) in [7, 11) is 0. The zero-order valence-corrected chi connectivity index (χ0v) is 14.9. The summed E-state index contributed by atoms with van der Waals surface area (Å²) < 4.78 is 0. The summed E-state index contributed by atoms with van der Waals surface area (Å²) in [4.78, 5) is 28.8. The highest BCUT2D eigenvalue weighted by atomic mass is 35.5. The van der Waals surface area contributed by atoms with E-state index < -0.39 is 5.41 Å². The largest absolute Gasteiger partial charge is 0.338 e. The lowest BCUT2D eigenvalue weighted by atomic mass is 9.94. The predicted molar refractivity (Wildman–Crippen MR) is 88.7 cm³/mol. The van der Waals surface area contributed by atoms with Gasteiger partial charge in [-0.25, -0.2) is 0 Å². The van der Waals surface area contributed by atoms with Gasteiger partial charge in [0.15, 0.2) is 0 Å². The molecule has 2 fully saturated rings. The SMILES string of the molecule is CC1CN(C(=O)C2CSCN2C(=O)C(C)(C)C)CCN1.Cl. The minimum absolute atomic E-state index is 0. The number of rotatable bonds is 1. The summed E-state index contributed by atoms with van der Waals surface area (Å²) in [5, 5.41) is 3.34. The fourth-order valence-corrected chi connectivity index (χ4v) is 3.77. The first-order chi connectivity index (χ1) is 9.30. The molecular formula is C14H26ClN3O2S. The average molecular weight is 336 g/mol. The van der Waals surface area contributed by atoms with Crippen LogP contribution in [-0.2, 0) is 9.59 Å². The van der Waals surface area contributed by atoms with Crippen LogP contribution in [0.3, 0.4) is 0 Å². The zero-order chi connectivity index (χ0) is 14.9. The van der Waals surface area contributed by atoms with Gasteiger partial charge in [-0.2, -0.15) is 0 Å². The second-order valence-corrected chi connectivity index (χ2v) is 7.68. The molecule has 21 heavy (non-hydrogen) atoms. The summed E-state index contributed by atoms with van der Waals surface area (Å²) in [6, 6.07) is 0.0468. The third-order valence-corrected chi connectivity index (χ3v) is 4.76. The van der Waals surface area contributed by atoms with Gasteiger partial charge in [0.1, 0.15) is 6.04 Å². The number of amides is 2. The highest BCUT2D eigenvalue weighted by molar-refractivity contribution is 7.99. The van der Waals surface area contributed by atoms with Gasteiger partial charge in [0.25, 0.3) is 0 Å². The van der Waals surface area contributed by atoms with E-state index in [-0.39, 0.29) is 30.3 Å². The van der Waals surface area contributed by atoms with E-state index in [9.17, 15) is 9.59 Å². The van der Waals surface area contributed by atoms with Crippen molar-refractivity contribution in [3.05, 3.63) is 0 Å². The lowest BCUT2D eigenvalue weighted by molar-refractivity contribution is -0.148. The molecule has 2 heterocycles. The average Bonchev–Trinajstić information content (AvgIpc) is 2.84. The number of hydrogen-bond donors (Lipinski definition) is 1. The van der Waals surface area contributed by atoms with Crippen LogP contribution in [0.5, 0.6) is 0 Å². The topological polar surface area (TPSA) is 52.7 Å². The molecule has 2 saturated heterocycles. The Bertz CT molecular complexity index is 400. The fourth-order valence-electron chi connectivity index (χ4n) is 2.62. The van der Waals surface area contributed by atoms with Crippen molar-refractivity contribution >= 4 is 36.0 Å². The Morgan fingerprint density at radius 1 is 1.29 bits per heavy atom. The molecule has 2 unspecified atom stereocenters. The summed E-state index contributed by atoms with van der Waals surface area (Å²) in [6.07, 6.45) is 0. The van der Waals surface area contributed by atoms with Gasteiger partial charge in [0.05, 0.1) is 5.88 Å². The Labute approximate surface area is 137 Å². The Hall–Kier alpha value is -0.460. The summed E-state index contributed by atoms with van der Waals surface area (Å²) in [5.41, 5.74) is -0.430. The molecule has 122 valence electrons. The number of thioether (sulfide) groups is 1. The molecule has 0 aromatic heterocycles. The summed E-state index contributed by atoms with van der Waals surface area (Å²) in [5.74, 6) is 1.54. The molecular weight excluding hydrogens is 310 g/mol. The van der Waals surface area contributed by atoms with Crippen molar-refractivity contribution in [2.75, 3.05) is 31.3 Å². The minimum atomic E-state index is -0.430. The van der Waals surface area contributed by atoms with Crippen molar-refractivity contribution < 1.29 is 9.59 Å². The number of carbonyl (C=O) groups excluding carboxylic acids is 2. The predicted octanol–water partition coefficient (Wildman–Crippen LogP) is 1.18. The van der Waals surface area contributed by atoms with Crippen LogP contribution in [-0.4, -0.2) is 65.0 Å². The molecule has 0 saturated carbocycles. The number of hydrogen-bond acceptors (Lipinski definition) is 4. The van der Waals surface area contributed by atoms with E-state index in [1.54, 1.807) is 16.7 Å². The Kier molecular flexibility index (Phi) is 6.37. The number of piperazine rings is 1. The fraction of sp³-hybridized carbons (Fsp3) is 0.857. The number of nitrogens with zero attached hydrogens (tertiary/aromatic N) is 2. The van der Waals surface area contributed by atoms with Crippen molar-refractivity contribution in [2.24, 2.45) is 5.41 Å². The highest BCUT2D eigenvalue weighted by Crippen LogP contribution is 2.28. The first-order valence-electron chi connectivity index (χ1n) is 7.21. The summed E-state index contributed by atoms with van der Waals surface area (Å²) >= 11 is 1.67. The molecule has 2 rings (SSSR count). The first kappa shape index (κ1) is 18.6. The first-order valence-corrected chi connectivity index (χ1v) is 8.37. The van der Waals surface area contributed by atoms with Gasteiger partial charge in [-0.15, -0.1) is 24.2 Å². The molecule has 2 atom stereocenters. The van der Waals surface area contributed by atoms with Crippen LogP contribution in [0.1, 0.15) is 27.7 Å². The van der Waals surface area contributed by atoms with Gasteiger partial charge in [-0.1, -0.05) is 20.8 Å². The van der Waals surface area contributed by atoms with E-state index in [1.165, 1.54) is 0 Å². The van der Waals surface area contributed by atoms with Crippen molar-refractivity contribution in [2.45, 2.75) is 39.8 Å². The Balaban J connectivity index is 0.00000220. The van der Waals surface area contributed by atoms with Crippen LogP contribution in [0, 0.1) is 5.41 Å². The maximum atomic E-state index is 12.7. The molecule has 0 aliphatic carbocycles. The molecule has 2 aliphatic heterocycles. The van der Waals surface area contributed by atoms with Crippen molar-refractivity contribution in [1.82, 2.24) is 15.1 Å². The van der Waals surface area contributed by atoms with E-state index in [2.05, 4.69) is 12.2 Å². The molecule has 5 nitrogen and oxygen atoms in total. The Morgan fingerprint density at radius 3 is 2.52 bits per heavy atom. The normalized spacial score (nSPS) is 26.5. The monoisotopic (exact) mass is 335 g/mol. The lowest BCUT2D eigenvalue weighted by Gasteiger charge is -2.36. The Morgan fingerprint density at radius 2 is 1.95 bits per heavy atom. The van der Waals surface area contributed by atoms with Crippen LogP contribution in [0.15, 0.2) is 0 Å². The van der Waals surface area contributed by atoms with Crippen LogP contribution in [0.2, 0.25) is 0 Å². The molecule has 0 bridgehead atoms. The summed E-state index contributed by atoms with van der Waals surface area (Å²) in [6.45, 7) is 10.1. The zero-order valence-electron chi connectivity index (χ0n) is 13.2. The molecule has 0 aromatic carbocycles. The quantitative estimate of drug-likeness (QED) is 0.781. The van der Waals surface area contributed by atoms with Gasteiger partial charge in [0.2, 0.25) is 11.8 Å². The minimum Gasteiger partial charge on any atom is -0.338 e. The third kappa shape index (κ3) is 4.27. The number of nitrogens with one attached hydrogen (secondary N) is 1. The van der Waals surface area contributed by atoms with Gasteiger partial charge in [-0.05, 0) is 6.92 Å². The van der Waals surface area contributed by atoms with E-state index in [4.69, 9.17) is 0 Å². The van der Waals surface area contributed by atoms with E-state index in [1.807, 2.05) is 25.7 Å². The molecule has 0 aromatic rings. The lowest BCUT2D eigenvalue weighted by Crippen LogP contribution is -2.57. The number of halogens is 1. The smallest absolute Gasteiger partial charge is 0.246 e. The van der Waals surface area contributed by atoms with Crippen LogP contribution >= 0.6 is 24.2 Å². The second kappa shape index (κ2) is 7.20. The van der Waals surface area contributed by atoms with Crippen LogP contribution in [0.25, 0.3) is 0 Å². The van der Waals surface area contributed by atoms with Gasteiger partial charge < -0.3 is 15.1 Å². The van der Waals surface area contributed by atoms with Crippen molar-refractivity contribution in [3.8, 4) is 0 Å². The van der Waals surface area contributed by atoms with Crippen LogP contribution < -0.4 is 5.32 Å². The van der Waals surface area contributed by atoms with Gasteiger partial charge in [0, 0.05) is 36.8 Å². The van der Waals surface area contributed by atoms with Gasteiger partial charge in [-0.3, -0.25) is 9.59 Å². The van der Waals surface area contributed by atoms with E-state index in [0.29, 0.717) is 11.9 Å². The maximum Gasteiger partial charge on any atom is 0.246 e. The molecule has 2 aliphatic rings. The van der Waals surface area contributed by atoms with E-state index in [0.717, 1.165) is 25.4 Å². The number of carbonyl (C=O) groups is 2. The standard InChI is InChI=1S/C14H25N3O2S.ClH/c1-10-7-16(6-5-15-10)12(18)11-8-20-9-17(11)13(19)14(2,3)4;/h10-11,15H,5-9H2,1-4H3;1H. The third-order valence-electron chi connectivity index (χ3n) is 3.75. The van der Waals surface area contributed by atoms with Crippen molar-refractivity contribution in [1.29, 1.82) is 0 Å². The van der Waals surface area contributed by atoms with Gasteiger partial charge >= 0.3 is 0 Å². The van der Waals surface area contributed by atoms with Crippen LogP contribution in [0.4, 0.5) is 0 Å². The second-order valence-electron chi connectivity index (χ2n) is 6.68. The molecule has 7 heteroatoms. The molecule has 0 radical (unpaired) electrons. The molecule has 1 N–H and O–H groups in total.